The van der Waals surface area contributed by atoms with Crippen LogP contribution < -0.4 is 5.73 Å². The summed E-state index contributed by atoms with van der Waals surface area (Å²) in [4.78, 5) is 0.512. The van der Waals surface area contributed by atoms with E-state index in [-0.39, 0.29) is 16.3 Å². The minimum atomic E-state index is -3.63. The fourth-order valence-corrected chi connectivity index (χ4v) is 4.80. The number of anilines is 1. The lowest BCUT2D eigenvalue weighted by Crippen LogP contribution is -2.07. The van der Waals surface area contributed by atoms with Crippen molar-refractivity contribution < 1.29 is 12.8 Å². The number of thiophene rings is 1. The van der Waals surface area contributed by atoms with E-state index >= 15 is 0 Å². The second-order valence-electron chi connectivity index (χ2n) is 3.65. The first-order valence-corrected chi connectivity index (χ1v) is 8.17. The van der Waals surface area contributed by atoms with E-state index in [1.807, 2.05) is 0 Å². The van der Waals surface area contributed by atoms with Gasteiger partial charge in [-0.3, -0.25) is 0 Å². The zero-order chi connectivity index (χ0) is 13.3. The molecule has 2 aromatic rings. The maximum absolute atomic E-state index is 13.1. The topological polar surface area (TPSA) is 60.2 Å². The summed E-state index contributed by atoms with van der Waals surface area (Å²) < 4.78 is 38.2. The van der Waals surface area contributed by atoms with Gasteiger partial charge in [-0.25, -0.2) is 12.8 Å². The Bertz CT molecular complexity index is 682. The minimum absolute atomic E-state index is 0.0621. The van der Waals surface area contributed by atoms with E-state index in [2.05, 4.69) is 15.9 Å². The van der Waals surface area contributed by atoms with Gasteiger partial charge < -0.3 is 5.73 Å². The molecule has 0 amide bonds. The third kappa shape index (κ3) is 2.90. The van der Waals surface area contributed by atoms with Crippen molar-refractivity contribution in [3.63, 3.8) is 0 Å². The van der Waals surface area contributed by atoms with Crippen molar-refractivity contribution >= 4 is 42.8 Å². The fraction of sp³-hybridized carbons (Fsp3) is 0.0909. The fourth-order valence-electron chi connectivity index (χ4n) is 1.47. The second kappa shape index (κ2) is 4.99. The summed E-state index contributed by atoms with van der Waals surface area (Å²) in [6, 6.07) is 6.82. The molecule has 0 saturated carbocycles. The summed E-state index contributed by atoms with van der Waals surface area (Å²) in [7, 11) is -3.63. The Morgan fingerprint density at radius 1 is 1.28 bits per heavy atom. The van der Waals surface area contributed by atoms with Crippen LogP contribution in [-0.4, -0.2) is 8.42 Å². The zero-order valence-corrected chi connectivity index (χ0v) is 12.3. The molecule has 18 heavy (non-hydrogen) atoms. The molecular weight excluding hydrogens is 341 g/mol. The molecule has 1 heterocycles. The van der Waals surface area contributed by atoms with E-state index in [1.165, 1.54) is 17.4 Å². The summed E-state index contributed by atoms with van der Waals surface area (Å²) in [6.07, 6.45) is 0. The number of nitrogens with two attached hydrogens (primary N) is 1. The highest BCUT2D eigenvalue weighted by Gasteiger charge is 2.20. The van der Waals surface area contributed by atoms with Crippen molar-refractivity contribution in [1.29, 1.82) is 0 Å². The first-order chi connectivity index (χ1) is 8.38. The van der Waals surface area contributed by atoms with E-state index < -0.39 is 15.7 Å². The third-order valence-electron chi connectivity index (χ3n) is 2.27. The van der Waals surface area contributed by atoms with Gasteiger partial charge in [0.2, 0.25) is 0 Å². The van der Waals surface area contributed by atoms with Crippen LogP contribution in [0.4, 0.5) is 10.1 Å². The normalized spacial score (nSPS) is 11.7. The van der Waals surface area contributed by atoms with Crippen LogP contribution in [-0.2, 0) is 15.6 Å². The van der Waals surface area contributed by atoms with Gasteiger partial charge in [-0.1, -0.05) is 0 Å². The molecule has 1 aromatic heterocycles. The van der Waals surface area contributed by atoms with E-state index in [0.717, 1.165) is 15.9 Å². The zero-order valence-electron chi connectivity index (χ0n) is 9.06. The van der Waals surface area contributed by atoms with Gasteiger partial charge in [0.25, 0.3) is 0 Å². The first-order valence-electron chi connectivity index (χ1n) is 4.90. The van der Waals surface area contributed by atoms with Crippen LogP contribution in [0.2, 0.25) is 0 Å². The molecule has 0 radical (unpaired) electrons. The monoisotopic (exact) mass is 349 g/mol. The number of nitrogen functional groups attached to an aromatic ring is 1. The molecule has 2 N–H and O–H groups in total. The minimum Gasteiger partial charge on any atom is -0.398 e. The molecule has 0 saturated heterocycles. The molecule has 0 bridgehead atoms. The number of rotatable bonds is 3. The van der Waals surface area contributed by atoms with Gasteiger partial charge in [-0.2, -0.15) is 0 Å². The summed E-state index contributed by atoms with van der Waals surface area (Å²) >= 11 is 4.58. The molecule has 7 heteroatoms. The number of hydrogen-bond donors (Lipinski definition) is 1. The molecule has 0 spiro atoms. The second-order valence-corrected chi connectivity index (χ2v) is 8.15. The largest absolute Gasteiger partial charge is 0.398 e. The van der Waals surface area contributed by atoms with Crippen LogP contribution in [0, 0.1) is 5.82 Å². The van der Waals surface area contributed by atoms with Crippen molar-refractivity contribution in [2.24, 2.45) is 0 Å². The lowest BCUT2D eigenvalue weighted by atomic mass is 10.3. The molecule has 0 fully saturated rings. The molecule has 1 aromatic carbocycles. The average Bonchev–Trinajstić information content (AvgIpc) is 2.66. The van der Waals surface area contributed by atoms with E-state index in [4.69, 9.17) is 5.73 Å². The molecule has 0 unspecified atom stereocenters. The van der Waals surface area contributed by atoms with Gasteiger partial charge in [0.1, 0.15) is 5.82 Å². The molecule has 0 aliphatic carbocycles. The summed E-state index contributed by atoms with van der Waals surface area (Å²) in [5.74, 6) is -0.799. The van der Waals surface area contributed by atoms with Crippen LogP contribution in [0.15, 0.2) is 39.0 Å². The van der Waals surface area contributed by atoms with Crippen molar-refractivity contribution in [2.75, 3.05) is 5.73 Å². The molecule has 96 valence electrons. The van der Waals surface area contributed by atoms with Crippen molar-refractivity contribution in [3.05, 3.63) is 44.8 Å². The predicted molar refractivity (Wildman–Crippen MR) is 73.7 cm³/mol. The van der Waals surface area contributed by atoms with E-state index in [1.54, 1.807) is 12.1 Å². The highest BCUT2D eigenvalue weighted by Crippen LogP contribution is 2.28. The first kappa shape index (κ1) is 13.5. The predicted octanol–water partition coefficient (Wildman–Crippen LogP) is 3.21. The summed E-state index contributed by atoms with van der Waals surface area (Å²) in [6.45, 7) is 0. The Morgan fingerprint density at radius 3 is 2.61 bits per heavy atom. The Labute approximate surface area is 116 Å². The van der Waals surface area contributed by atoms with Gasteiger partial charge in [-0.15, -0.1) is 11.3 Å². The molecule has 0 aliphatic heterocycles. The van der Waals surface area contributed by atoms with Crippen LogP contribution in [0.25, 0.3) is 0 Å². The van der Waals surface area contributed by atoms with Crippen LogP contribution in [0.3, 0.4) is 0 Å². The Balaban J connectivity index is 2.39. The maximum atomic E-state index is 13.1. The highest BCUT2D eigenvalue weighted by molar-refractivity contribution is 9.11. The smallest absolute Gasteiger partial charge is 0.185 e. The summed E-state index contributed by atoms with van der Waals surface area (Å²) in [5.41, 5.74) is 5.64. The summed E-state index contributed by atoms with van der Waals surface area (Å²) in [5, 5.41) is 0. The average molecular weight is 350 g/mol. The van der Waals surface area contributed by atoms with Gasteiger partial charge in [0.05, 0.1) is 20.1 Å². The van der Waals surface area contributed by atoms with Crippen LogP contribution in [0.1, 0.15) is 4.88 Å². The number of halogens is 2. The van der Waals surface area contributed by atoms with Crippen LogP contribution >= 0.6 is 27.3 Å². The van der Waals surface area contributed by atoms with Gasteiger partial charge in [0, 0.05) is 4.88 Å². The van der Waals surface area contributed by atoms with Gasteiger partial charge >= 0.3 is 0 Å². The lowest BCUT2D eigenvalue weighted by molar-refractivity contribution is 0.591. The number of benzene rings is 1. The number of sulfone groups is 1. The standard InChI is InChI=1S/C11H9BrFNO2S2/c12-11-4-2-8(17-11)6-18(15,16)10-5-7(13)1-3-9(10)14/h1-5H,6,14H2. The maximum Gasteiger partial charge on any atom is 0.185 e. The quantitative estimate of drug-likeness (QED) is 0.865. The van der Waals surface area contributed by atoms with Crippen molar-refractivity contribution in [1.82, 2.24) is 0 Å². The van der Waals surface area contributed by atoms with E-state index in [0.29, 0.717) is 4.88 Å². The molecule has 3 nitrogen and oxygen atoms in total. The molecule has 2 rings (SSSR count). The van der Waals surface area contributed by atoms with Crippen LogP contribution in [0.5, 0.6) is 0 Å². The lowest BCUT2D eigenvalue weighted by Gasteiger charge is -2.06. The van der Waals surface area contributed by atoms with E-state index in [9.17, 15) is 12.8 Å². The Morgan fingerprint density at radius 2 is 2.00 bits per heavy atom. The molecular formula is C11H9BrFNO2S2. The molecule has 0 aliphatic rings. The van der Waals surface area contributed by atoms with Gasteiger partial charge in [-0.05, 0) is 46.3 Å². The van der Waals surface area contributed by atoms with Crippen molar-refractivity contribution in [3.8, 4) is 0 Å². The Hall–Kier alpha value is -0.920. The number of hydrogen-bond acceptors (Lipinski definition) is 4. The Kier molecular flexibility index (Phi) is 3.74. The third-order valence-corrected chi connectivity index (χ3v) is 5.79. The highest BCUT2D eigenvalue weighted by atomic mass is 79.9. The van der Waals surface area contributed by atoms with Crippen molar-refractivity contribution in [2.45, 2.75) is 10.6 Å². The van der Waals surface area contributed by atoms with Gasteiger partial charge in [0.15, 0.2) is 9.84 Å². The molecule has 0 atom stereocenters. The SMILES string of the molecule is Nc1ccc(F)cc1S(=O)(=O)Cc1ccc(Br)s1.